The number of ether oxygens (including phenoxy) is 1. The van der Waals surface area contributed by atoms with Crippen molar-refractivity contribution in [1.29, 1.82) is 0 Å². The molecule has 1 aliphatic heterocycles. The number of aryl methyl sites for hydroxylation is 1. The highest BCUT2D eigenvalue weighted by Crippen LogP contribution is 2.32. The van der Waals surface area contributed by atoms with Crippen LogP contribution in [0.2, 0.25) is 0 Å². The molecule has 11 heteroatoms. The molecule has 0 unspecified atom stereocenters. The normalized spacial score (nSPS) is 21.3. The van der Waals surface area contributed by atoms with Gasteiger partial charge in [-0.2, -0.15) is 14.3 Å². The van der Waals surface area contributed by atoms with Crippen molar-refractivity contribution in [3.05, 3.63) is 23.4 Å². The van der Waals surface area contributed by atoms with E-state index in [0.29, 0.717) is 30.4 Å². The molecule has 2 atom stereocenters. The molecule has 0 aromatic carbocycles. The lowest BCUT2D eigenvalue weighted by Crippen LogP contribution is -2.36. The smallest absolute Gasteiger partial charge is 0.255 e. The lowest BCUT2D eigenvalue weighted by Gasteiger charge is -2.21. The van der Waals surface area contributed by atoms with Crippen LogP contribution in [0, 0.1) is 6.92 Å². The van der Waals surface area contributed by atoms with Gasteiger partial charge in [-0.05, 0) is 19.8 Å². The summed E-state index contributed by atoms with van der Waals surface area (Å²) in [5, 5.41) is 7.71. The largest absolute Gasteiger partial charge is 0.364 e. The van der Waals surface area contributed by atoms with Crippen molar-refractivity contribution in [2.24, 2.45) is 0 Å². The lowest BCUT2D eigenvalue weighted by molar-refractivity contribution is 0.0165. The van der Waals surface area contributed by atoms with Crippen LogP contribution in [-0.2, 0) is 26.7 Å². The molecule has 0 aliphatic carbocycles. The third kappa shape index (κ3) is 4.90. The molecule has 2 aromatic rings. The van der Waals surface area contributed by atoms with Crippen LogP contribution in [0.15, 0.2) is 9.05 Å². The van der Waals surface area contributed by atoms with Gasteiger partial charge in [-0.15, -0.1) is 0 Å². The summed E-state index contributed by atoms with van der Waals surface area (Å²) in [6.07, 6.45) is 1.95. The highest BCUT2D eigenvalue weighted by atomic mass is 32.2. The second kappa shape index (κ2) is 7.28. The molecule has 0 saturated carbocycles. The maximum Gasteiger partial charge on any atom is 0.255 e. The number of hydrogen-bond acceptors (Lipinski definition) is 9. The highest BCUT2D eigenvalue weighted by molar-refractivity contribution is 7.88. The molecule has 3 heterocycles. The first-order valence-corrected chi connectivity index (χ1v) is 10.6. The zero-order chi connectivity index (χ0) is 19.8. The summed E-state index contributed by atoms with van der Waals surface area (Å²) in [6.45, 7) is 7.81. The van der Waals surface area contributed by atoms with Crippen LogP contribution in [0.3, 0.4) is 0 Å². The van der Waals surface area contributed by atoms with E-state index in [1.165, 1.54) is 4.31 Å². The molecule has 3 rings (SSSR count). The van der Waals surface area contributed by atoms with Gasteiger partial charge in [-0.25, -0.2) is 8.42 Å². The maximum absolute atomic E-state index is 12.2. The predicted molar refractivity (Wildman–Crippen MR) is 94.1 cm³/mol. The van der Waals surface area contributed by atoms with E-state index in [9.17, 15) is 8.42 Å². The molecule has 0 bridgehead atoms. The molecule has 10 nitrogen and oxygen atoms in total. The molecule has 1 fully saturated rings. The maximum atomic E-state index is 12.2. The average molecular weight is 399 g/mol. The Morgan fingerprint density at radius 2 is 1.89 bits per heavy atom. The first-order chi connectivity index (χ1) is 12.5. The van der Waals surface area contributed by atoms with Gasteiger partial charge < -0.3 is 13.8 Å². The van der Waals surface area contributed by atoms with Gasteiger partial charge in [0.1, 0.15) is 6.10 Å². The number of aromatic nitrogens is 4. The summed E-state index contributed by atoms with van der Waals surface area (Å²) >= 11 is 0. The van der Waals surface area contributed by atoms with Crippen molar-refractivity contribution in [2.45, 2.75) is 64.7 Å². The molecular formula is C16H25N5O5S. The van der Waals surface area contributed by atoms with Gasteiger partial charge in [0.05, 0.1) is 18.9 Å². The van der Waals surface area contributed by atoms with Crippen LogP contribution in [0.25, 0.3) is 0 Å². The van der Waals surface area contributed by atoms with E-state index < -0.39 is 10.0 Å². The van der Waals surface area contributed by atoms with Crippen LogP contribution in [-0.4, -0.2) is 51.9 Å². The van der Waals surface area contributed by atoms with Crippen molar-refractivity contribution >= 4 is 10.0 Å². The van der Waals surface area contributed by atoms with Crippen molar-refractivity contribution < 1.29 is 22.2 Å². The van der Waals surface area contributed by atoms with E-state index in [4.69, 9.17) is 13.8 Å². The van der Waals surface area contributed by atoms with Gasteiger partial charge in [0.15, 0.2) is 11.6 Å². The highest BCUT2D eigenvalue weighted by Gasteiger charge is 2.34. The van der Waals surface area contributed by atoms with E-state index >= 15 is 0 Å². The van der Waals surface area contributed by atoms with Gasteiger partial charge in [0, 0.05) is 12.0 Å². The molecule has 0 N–H and O–H groups in total. The minimum atomic E-state index is -3.48. The Bertz CT molecular complexity index is 885. The van der Waals surface area contributed by atoms with E-state index in [0.717, 1.165) is 6.26 Å². The second-order valence-electron chi connectivity index (χ2n) is 7.82. The van der Waals surface area contributed by atoms with Crippen molar-refractivity contribution in [3.8, 4) is 0 Å². The Balaban J connectivity index is 1.67. The minimum Gasteiger partial charge on any atom is -0.364 e. The zero-order valence-electron chi connectivity index (χ0n) is 16.2. The Morgan fingerprint density at radius 3 is 2.44 bits per heavy atom. The van der Waals surface area contributed by atoms with Crippen LogP contribution >= 0.6 is 0 Å². The number of rotatable bonds is 6. The van der Waals surface area contributed by atoms with Gasteiger partial charge in [0.2, 0.25) is 15.9 Å². The zero-order valence-corrected chi connectivity index (χ0v) is 17.0. The van der Waals surface area contributed by atoms with Crippen LogP contribution < -0.4 is 0 Å². The topological polar surface area (TPSA) is 124 Å². The fourth-order valence-electron chi connectivity index (χ4n) is 2.78. The van der Waals surface area contributed by atoms with Gasteiger partial charge in [-0.1, -0.05) is 31.1 Å². The van der Waals surface area contributed by atoms with E-state index in [-0.39, 0.29) is 36.6 Å². The van der Waals surface area contributed by atoms with Gasteiger partial charge in [0.25, 0.3) is 5.89 Å². The fourth-order valence-corrected chi connectivity index (χ4v) is 3.57. The standard InChI is InChI=1S/C16H25N5O5S/c1-10-17-14(26-19-10)12-7-6-11(24-12)8-21(27(5,22)23)9-13-18-15(20-25-13)16(2,3)4/h11-12H,6-9H2,1-5H3/t11-,12+/m1/s1. The Hall–Kier alpha value is -1.85. The first kappa shape index (κ1) is 19.9. The molecule has 0 radical (unpaired) electrons. The van der Waals surface area contributed by atoms with E-state index in [2.05, 4.69) is 20.3 Å². The van der Waals surface area contributed by atoms with Crippen LogP contribution in [0.1, 0.15) is 63.1 Å². The molecule has 1 saturated heterocycles. The fraction of sp³-hybridized carbons (Fsp3) is 0.750. The number of nitrogens with zero attached hydrogens (tertiary/aromatic N) is 5. The Morgan fingerprint density at radius 1 is 1.15 bits per heavy atom. The van der Waals surface area contributed by atoms with E-state index in [1.807, 2.05) is 20.8 Å². The number of sulfonamides is 1. The quantitative estimate of drug-likeness (QED) is 0.714. The van der Waals surface area contributed by atoms with Gasteiger partial charge >= 0.3 is 0 Å². The SMILES string of the molecule is Cc1noc([C@@H]2CC[C@H](CN(Cc3nc(C(C)(C)C)no3)S(C)(=O)=O)O2)n1. The number of hydrogen-bond donors (Lipinski definition) is 0. The lowest BCUT2D eigenvalue weighted by atomic mass is 9.96. The van der Waals surface area contributed by atoms with E-state index in [1.54, 1.807) is 6.92 Å². The van der Waals surface area contributed by atoms with Crippen LogP contribution in [0.4, 0.5) is 0 Å². The van der Waals surface area contributed by atoms with Crippen molar-refractivity contribution in [1.82, 2.24) is 24.6 Å². The Labute approximate surface area is 158 Å². The molecule has 150 valence electrons. The predicted octanol–water partition coefficient (Wildman–Crippen LogP) is 1.74. The van der Waals surface area contributed by atoms with Crippen LogP contribution in [0.5, 0.6) is 0 Å². The molecule has 1 aliphatic rings. The second-order valence-corrected chi connectivity index (χ2v) is 9.80. The molecule has 27 heavy (non-hydrogen) atoms. The third-order valence-electron chi connectivity index (χ3n) is 4.25. The van der Waals surface area contributed by atoms with Crippen molar-refractivity contribution in [2.75, 3.05) is 12.8 Å². The summed E-state index contributed by atoms with van der Waals surface area (Å²) < 4.78 is 42.0. The summed E-state index contributed by atoms with van der Waals surface area (Å²) in [6, 6.07) is 0. The molecular weight excluding hydrogens is 374 g/mol. The summed E-state index contributed by atoms with van der Waals surface area (Å²) in [7, 11) is -3.48. The monoisotopic (exact) mass is 399 g/mol. The minimum absolute atomic E-state index is 0.00606. The summed E-state index contributed by atoms with van der Waals surface area (Å²) in [4.78, 5) is 8.50. The summed E-state index contributed by atoms with van der Waals surface area (Å²) in [5.74, 6) is 1.76. The average Bonchev–Trinajstić information content (AvgIpc) is 3.25. The van der Waals surface area contributed by atoms with Gasteiger partial charge in [-0.3, -0.25) is 0 Å². The Kier molecular flexibility index (Phi) is 5.37. The van der Waals surface area contributed by atoms with Crippen molar-refractivity contribution in [3.63, 3.8) is 0 Å². The summed E-state index contributed by atoms with van der Waals surface area (Å²) in [5.41, 5.74) is -0.276. The molecule has 2 aromatic heterocycles. The third-order valence-corrected chi connectivity index (χ3v) is 5.47. The first-order valence-electron chi connectivity index (χ1n) is 8.76. The molecule has 0 spiro atoms. The molecule has 0 amide bonds.